The predicted molar refractivity (Wildman–Crippen MR) is 141 cm³/mol. The third-order valence-corrected chi connectivity index (χ3v) is 8.72. The molecule has 0 saturated carbocycles. The molecule has 11 N–H and O–H groups in total. The number of rotatable bonds is 9. The van der Waals surface area contributed by atoms with E-state index in [-0.39, 0.29) is 0 Å². The Morgan fingerprint density at radius 2 is 1.02 bits per heavy atom. The molecule has 0 radical (unpaired) electrons. The molecular weight excluding hydrogens is 672 g/mol. The Morgan fingerprint density at radius 3 is 1.62 bits per heavy atom. The summed E-state index contributed by atoms with van der Waals surface area (Å²) in [5, 5.41) is 104. The first-order valence-corrected chi connectivity index (χ1v) is 15.7. The predicted octanol–water partition coefficient (Wildman–Crippen LogP) is -6.75. The molecule has 0 aliphatic carbocycles. The Morgan fingerprint density at radius 1 is 0.532 bits per heavy atom. The van der Waals surface area contributed by atoms with Crippen molar-refractivity contribution in [2.45, 2.75) is 144 Å². The van der Waals surface area contributed by atoms with Crippen molar-refractivity contribution in [2.75, 3.05) is 0 Å². The van der Waals surface area contributed by atoms with Crippen LogP contribution in [0.3, 0.4) is 0 Å². The Balaban J connectivity index is 1.68. The van der Waals surface area contributed by atoms with E-state index in [4.69, 9.17) is 37.7 Å². The van der Waals surface area contributed by atoms with Gasteiger partial charge in [-0.05, 0) is 20.8 Å². The van der Waals surface area contributed by atoms with Crippen LogP contribution < -0.4 is 0 Å². The van der Waals surface area contributed by atoms with Crippen molar-refractivity contribution >= 4 is 16.4 Å². The summed E-state index contributed by atoms with van der Waals surface area (Å²) in [6.45, 7) is 3.80. The number of aliphatic carboxylic acids is 1. The van der Waals surface area contributed by atoms with Crippen LogP contribution >= 0.6 is 0 Å². The van der Waals surface area contributed by atoms with Crippen LogP contribution in [0.25, 0.3) is 0 Å². The normalized spacial score (nSPS) is 51.4. The first-order valence-electron chi connectivity index (χ1n) is 14.3. The lowest BCUT2D eigenvalue weighted by molar-refractivity contribution is -0.399. The summed E-state index contributed by atoms with van der Waals surface area (Å²) < 4.78 is 74.5. The summed E-state index contributed by atoms with van der Waals surface area (Å²) in [6, 6.07) is 0. The lowest BCUT2D eigenvalue weighted by Gasteiger charge is -2.50. The second-order valence-electron chi connectivity index (χ2n) is 11.6. The molecule has 23 heteroatoms. The molecule has 22 nitrogen and oxygen atoms in total. The topological polar surface area (TPSA) is 348 Å². The van der Waals surface area contributed by atoms with Crippen molar-refractivity contribution in [3.8, 4) is 0 Å². The Hall–Kier alpha value is -1.30. The third-order valence-electron chi connectivity index (χ3n) is 8.26. The summed E-state index contributed by atoms with van der Waals surface area (Å²) in [6.07, 6.45) is -37.1. The van der Waals surface area contributed by atoms with Gasteiger partial charge in [-0.15, -0.1) is 0 Å². The van der Waals surface area contributed by atoms with Gasteiger partial charge in [0.05, 0.1) is 18.3 Å². The quantitative estimate of drug-likeness (QED) is 0.0989. The van der Waals surface area contributed by atoms with E-state index < -0.39 is 139 Å². The SMILES string of the molecule is C[C@@H]1O[C@@H](O[C@@H]2[C@H](O)[C@H](C)OC(O)[C@H]2O)[C@@H](O[C@H]2O[C@H](C(=O)O)[C@@H](O)[C@H](O)[C@H]2O)[C@H](O[C@@H]2O[C@@H](C)[C@@H](OS(=O)(=O)O)[C@@H](O)[C@@H]2O)[C@@H]1O. The number of carbonyl (C=O) groups is 1. The number of hydrogen-bond donors (Lipinski definition) is 11. The first kappa shape index (κ1) is 38.5. The smallest absolute Gasteiger partial charge is 0.397 e. The summed E-state index contributed by atoms with van der Waals surface area (Å²) in [5.41, 5.74) is 0. The molecule has 4 rings (SSSR count). The van der Waals surface area contributed by atoms with E-state index in [0.29, 0.717) is 0 Å². The molecule has 0 amide bonds. The second kappa shape index (κ2) is 14.9. The van der Waals surface area contributed by atoms with Gasteiger partial charge in [0, 0.05) is 0 Å². The van der Waals surface area contributed by atoms with Gasteiger partial charge < -0.3 is 84.2 Å². The van der Waals surface area contributed by atoms with Crippen LogP contribution in [-0.4, -0.2) is 193 Å². The molecular formula is C24H40O22S. The van der Waals surface area contributed by atoms with Crippen molar-refractivity contribution < 1.29 is 106 Å². The van der Waals surface area contributed by atoms with Gasteiger partial charge in [-0.2, -0.15) is 8.42 Å². The van der Waals surface area contributed by atoms with Crippen LogP contribution in [0.4, 0.5) is 0 Å². The Bertz CT molecular complexity index is 1160. The van der Waals surface area contributed by atoms with Crippen LogP contribution in [0.5, 0.6) is 0 Å². The molecule has 4 aliphatic heterocycles. The maximum absolute atomic E-state index is 11.7. The molecule has 0 spiro atoms. The fourth-order valence-corrected chi connectivity index (χ4v) is 6.14. The first-order chi connectivity index (χ1) is 21.7. The molecule has 4 heterocycles. The van der Waals surface area contributed by atoms with Gasteiger partial charge in [-0.25, -0.2) is 8.98 Å². The minimum absolute atomic E-state index is 1.11. The maximum Gasteiger partial charge on any atom is 0.397 e. The van der Waals surface area contributed by atoms with E-state index in [9.17, 15) is 64.3 Å². The van der Waals surface area contributed by atoms with Crippen LogP contribution in [0, 0.1) is 0 Å². The molecule has 0 aromatic carbocycles. The fraction of sp³-hybridized carbons (Fsp3) is 0.958. The molecule has 0 aromatic heterocycles. The molecule has 4 aliphatic rings. The lowest BCUT2D eigenvalue weighted by Crippen LogP contribution is -2.68. The second-order valence-corrected chi connectivity index (χ2v) is 12.7. The van der Waals surface area contributed by atoms with Crippen LogP contribution in [0.1, 0.15) is 20.8 Å². The summed E-state index contributed by atoms with van der Waals surface area (Å²) in [4.78, 5) is 11.7. The van der Waals surface area contributed by atoms with E-state index in [1.54, 1.807) is 0 Å². The number of hydrogen-bond acceptors (Lipinski definition) is 20. The number of carboxylic acids is 1. The number of carboxylic acid groups (broad SMARTS) is 1. The van der Waals surface area contributed by atoms with Crippen molar-refractivity contribution in [3.63, 3.8) is 0 Å². The molecule has 47 heavy (non-hydrogen) atoms. The van der Waals surface area contributed by atoms with Crippen LogP contribution in [-0.2, 0) is 52.5 Å². The average molecular weight is 713 g/mol. The van der Waals surface area contributed by atoms with Crippen LogP contribution in [0.15, 0.2) is 0 Å². The van der Waals surface area contributed by atoms with E-state index in [2.05, 4.69) is 4.18 Å². The van der Waals surface area contributed by atoms with E-state index in [1.165, 1.54) is 20.8 Å². The Kier molecular flexibility index (Phi) is 12.2. The summed E-state index contributed by atoms with van der Waals surface area (Å²) in [7, 11) is -5.13. The summed E-state index contributed by atoms with van der Waals surface area (Å²) in [5.74, 6) is -1.77. The zero-order valence-corrected chi connectivity index (χ0v) is 25.7. The van der Waals surface area contributed by atoms with Gasteiger partial charge in [0.25, 0.3) is 0 Å². The van der Waals surface area contributed by atoms with Gasteiger partial charge in [0.2, 0.25) is 0 Å². The minimum Gasteiger partial charge on any atom is -0.479 e. The molecule has 1 unspecified atom stereocenters. The highest BCUT2D eigenvalue weighted by atomic mass is 32.3. The van der Waals surface area contributed by atoms with Gasteiger partial charge in [0.1, 0.15) is 73.2 Å². The monoisotopic (exact) mass is 712 g/mol. The standard InChI is InChI=1S/C24H40O22S/c1-4-7(25)16(14(32)21(35)39-4)42-24-19(45-23-12(30)9(27)10(28)18(44-23)20(33)34)17(8(26)5(2)40-24)43-22-13(31)11(29)15(6(3)41-22)46-47(36,37)38/h4-19,21-32,35H,1-3H3,(H,33,34)(H,36,37,38)/t4-,5-,6-,7+,8+,9-,10-,11-,12+,13-,14-,15+,16+,17+,18-,19-,21?,22-,23+,24-/m0/s1. The van der Waals surface area contributed by atoms with E-state index in [1.807, 2.05) is 0 Å². The van der Waals surface area contributed by atoms with Crippen molar-refractivity contribution in [2.24, 2.45) is 0 Å². The van der Waals surface area contributed by atoms with Gasteiger partial charge in [-0.3, -0.25) is 4.55 Å². The third kappa shape index (κ3) is 8.20. The maximum atomic E-state index is 11.7. The molecule has 4 saturated heterocycles. The van der Waals surface area contributed by atoms with Crippen molar-refractivity contribution in [1.82, 2.24) is 0 Å². The van der Waals surface area contributed by atoms with Crippen molar-refractivity contribution in [1.29, 1.82) is 0 Å². The zero-order valence-electron chi connectivity index (χ0n) is 24.9. The van der Waals surface area contributed by atoms with Gasteiger partial charge in [0.15, 0.2) is 31.3 Å². The molecule has 4 fully saturated rings. The number of aliphatic hydroxyl groups excluding tert-OH is 9. The zero-order chi connectivity index (χ0) is 35.3. The number of ether oxygens (including phenoxy) is 7. The molecule has 274 valence electrons. The average Bonchev–Trinajstić information content (AvgIpc) is 2.98. The van der Waals surface area contributed by atoms with E-state index >= 15 is 0 Å². The fourth-order valence-electron chi connectivity index (χ4n) is 5.59. The molecule has 20 atom stereocenters. The highest BCUT2D eigenvalue weighted by Gasteiger charge is 2.56. The van der Waals surface area contributed by atoms with Crippen molar-refractivity contribution in [3.05, 3.63) is 0 Å². The lowest BCUT2D eigenvalue weighted by atomic mass is 9.95. The van der Waals surface area contributed by atoms with Crippen LogP contribution in [0.2, 0.25) is 0 Å². The number of aliphatic hydroxyl groups is 9. The van der Waals surface area contributed by atoms with Gasteiger partial charge in [-0.1, -0.05) is 0 Å². The minimum atomic E-state index is -5.13. The summed E-state index contributed by atoms with van der Waals surface area (Å²) >= 11 is 0. The highest BCUT2D eigenvalue weighted by molar-refractivity contribution is 7.80. The highest BCUT2D eigenvalue weighted by Crippen LogP contribution is 2.36. The largest absolute Gasteiger partial charge is 0.479 e. The molecule has 0 bridgehead atoms. The van der Waals surface area contributed by atoms with E-state index in [0.717, 1.165) is 0 Å². The van der Waals surface area contributed by atoms with Gasteiger partial charge >= 0.3 is 16.4 Å². The Labute approximate surface area is 266 Å². The molecule has 0 aromatic rings.